The van der Waals surface area contributed by atoms with Crippen molar-refractivity contribution >= 4 is 15.9 Å². The van der Waals surface area contributed by atoms with Crippen LogP contribution < -0.4 is 0 Å². The molecule has 1 heteroatoms. The molecule has 0 saturated carbocycles. The molecule has 0 N–H and O–H groups in total. The Kier molecular flexibility index (Phi) is 7.99. The van der Waals surface area contributed by atoms with Crippen LogP contribution in [0.2, 0.25) is 0 Å². The van der Waals surface area contributed by atoms with E-state index < -0.39 is 0 Å². The van der Waals surface area contributed by atoms with Crippen LogP contribution in [0.1, 0.15) is 40.0 Å². The monoisotopic (exact) mass is 232 g/mol. The molecule has 72 valence electrons. The first-order valence-electron chi connectivity index (χ1n) is 4.97. The van der Waals surface area contributed by atoms with Crippen molar-refractivity contribution in [2.45, 2.75) is 40.0 Å². The number of allylic oxidation sites excluding steroid dienone is 2. The minimum Gasteiger partial charge on any atom is -0.0925 e. The van der Waals surface area contributed by atoms with Crippen molar-refractivity contribution in [1.29, 1.82) is 0 Å². The van der Waals surface area contributed by atoms with Crippen LogP contribution in [0.15, 0.2) is 12.2 Å². The molecule has 0 amide bonds. The number of hydrogen-bond donors (Lipinski definition) is 0. The highest BCUT2D eigenvalue weighted by atomic mass is 79.9. The van der Waals surface area contributed by atoms with Gasteiger partial charge in [0.15, 0.2) is 0 Å². The summed E-state index contributed by atoms with van der Waals surface area (Å²) in [6.45, 7) is 6.80. The number of rotatable bonds is 6. The highest BCUT2D eigenvalue weighted by Crippen LogP contribution is 2.21. The Hall–Kier alpha value is 0.220. The van der Waals surface area contributed by atoms with Gasteiger partial charge in [-0.1, -0.05) is 55.3 Å². The zero-order chi connectivity index (χ0) is 9.40. The van der Waals surface area contributed by atoms with E-state index in [0.29, 0.717) is 0 Å². The van der Waals surface area contributed by atoms with Crippen molar-refractivity contribution in [2.75, 3.05) is 5.33 Å². The van der Waals surface area contributed by atoms with Crippen LogP contribution in [0, 0.1) is 11.8 Å². The summed E-state index contributed by atoms with van der Waals surface area (Å²) in [5.41, 5.74) is 0. The van der Waals surface area contributed by atoms with Gasteiger partial charge in [0.2, 0.25) is 0 Å². The summed E-state index contributed by atoms with van der Waals surface area (Å²) in [6.07, 6.45) is 8.26. The average Bonchev–Trinajstić information content (AvgIpc) is 2.07. The van der Waals surface area contributed by atoms with Crippen molar-refractivity contribution in [3.05, 3.63) is 12.2 Å². The van der Waals surface area contributed by atoms with E-state index in [1.165, 1.54) is 12.8 Å². The summed E-state index contributed by atoms with van der Waals surface area (Å²) in [6, 6.07) is 0. The zero-order valence-corrected chi connectivity index (χ0v) is 10.1. The molecular weight excluding hydrogens is 212 g/mol. The highest BCUT2D eigenvalue weighted by molar-refractivity contribution is 9.09. The van der Waals surface area contributed by atoms with Crippen LogP contribution in [0.4, 0.5) is 0 Å². The Bertz CT molecular complexity index is 114. The third-order valence-electron chi connectivity index (χ3n) is 2.44. The molecular formula is C11H21Br. The molecule has 0 fully saturated rings. The molecule has 0 spiro atoms. The first-order valence-corrected chi connectivity index (χ1v) is 6.09. The largest absolute Gasteiger partial charge is 0.0925 e. The van der Waals surface area contributed by atoms with Gasteiger partial charge in [0.25, 0.3) is 0 Å². The first-order chi connectivity index (χ1) is 5.76. The van der Waals surface area contributed by atoms with E-state index in [0.717, 1.165) is 23.6 Å². The first kappa shape index (κ1) is 12.2. The Morgan fingerprint density at radius 3 is 2.33 bits per heavy atom. The van der Waals surface area contributed by atoms with Gasteiger partial charge in [0, 0.05) is 5.33 Å². The van der Waals surface area contributed by atoms with E-state index in [1.54, 1.807) is 0 Å². The fourth-order valence-corrected chi connectivity index (χ4v) is 2.43. The molecule has 0 aromatic carbocycles. The quantitative estimate of drug-likeness (QED) is 0.471. The van der Waals surface area contributed by atoms with Crippen LogP contribution in [-0.4, -0.2) is 5.33 Å². The lowest BCUT2D eigenvalue weighted by atomic mass is 9.91. The molecule has 0 saturated heterocycles. The van der Waals surface area contributed by atoms with Gasteiger partial charge in [-0.15, -0.1) is 0 Å². The van der Waals surface area contributed by atoms with Crippen LogP contribution in [-0.2, 0) is 0 Å². The second-order valence-electron chi connectivity index (χ2n) is 3.42. The van der Waals surface area contributed by atoms with Gasteiger partial charge >= 0.3 is 0 Å². The molecule has 0 aliphatic heterocycles. The molecule has 0 aliphatic carbocycles. The van der Waals surface area contributed by atoms with Gasteiger partial charge in [-0.2, -0.15) is 0 Å². The number of alkyl halides is 1. The van der Waals surface area contributed by atoms with Gasteiger partial charge in [0.05, 0.1) is 0 Å². The third kappa shape index (κ3) is 4.97. The molecule has 2 atom stereocenters. The standard InChI is InChI=1S/C11H21Br/c1-4-6-7-8-10(3)11(5-2)9-12/h6-7,10-11H,4-5,8-9H2,1-3H3. The fraction of sp³-hybridized carbons (Fsp3) is 0.818. The van der Waals surface area contributed by atoms with Crippen molar-refractivity contribution in [1.82, 2.24) is 0 Å². The normalized spacial score (nSPS) is 16.7. The maximum atomic E-state index is 3.56. The maximum absolute atomic E-state index is 3.56. The smallest absolute Gasteiger partial charge is 0.00622 e. The summed E-state index contributed by atoms with van der Waals surface area (Å²) >= 11 is 3.56. The fourth-order valence-electron chi connectivity index (χ4n) is 1.33. The summed E-state index contributed by atoms with van der Waals surface area (Å²) in [5.74, 6) is 1.66. The van der Waals surface area contributed by atoms with Crippen LogP contribution in [0.3, 0.4) is 0 Å². The zero-order valence-electron chi connectivity index (χ0n) is 8.52. The third-order valence-corrected chi connectivity index (χ3v) is 3.27. The highest BCUT2D eigenvalue weighted by Gasteiger charge is 2.11. The van der Waals surface area contributed by atoms with E-state index >= 15 is 0 Å². The van der Waals surface area contributed by atoms with Crippen LogP contribution >= 0.6 is 15.9 Å². The summed E-state index contributed by atoms with van der Waals surface area (Å²) < 4.78 is 0. The molecule has 0 heterocycles. The van der Waals surface area contributed by atoms with Gasteiger partial charge < -0.3 is 0 Å². The van der Waals surface area contributed by atoms with Gasteiger partial charge in [-0.05, 0) is 24.7 Å². The van der Waals surface area contributed by atoms with E-state index in [9.17, 15) is 0 Å². The van der Waals surface area contributed by atoms with E-state index in [-0.39, 0.29) is 0 Å². The van der Waals surface area contributed by atoms with Gasteiger partial charge in [-0.3, -0.25) is 0 Å². The molecule has 12 heavy (non-hydrogen) atoms. The number of halogens is 1. The Morgan fingerprint density at radius 1 is 1.25 bits per heavy atom. The summed E-state index contributed by atoms with van der Waals surface area (Å²) in [5, 5.41) is 1.14. The Labute approximate surface area is 85.6 Å². The summed E-state index contributed by atoms with van der Waals surface area (Å²) in [4.78, 5) is 0. The van der Waals surface area contributed by atoms with Gasteiger partial charge in [-0.25, -0.2) is 0 Å². The van der Waals surface area contributed by atoms with Crippen molar-refractivity contribution in [3.8, 4) is 0 Å². The van der Waals surface area contributed by atoms with Crippen molar-refractivity contribution in [2.24, 2.45) is 11.8 Å². The predicted octanol–water partition coefficient (Wildman–Crippen LogP) is 4.40. The Balaban J connectivity index is 3.68. The topological polar surface area (TPSA) is 0 Å². The SMILES string of the molecule is CCC=CCC(C)C(CC)CBr. The molecule has 0 nitrogen and oxygen atoms in total. The van der Waals surface area contributed by atoms with Crippen LogP contribution in [0.25, 0.3) is 0 Å². The lowest BCUT2D eigenvalue weighted by Crippen LogP contribution is -2.11. The molecule has 0 aromatic heterocycles. The van der Waals surface area contributed by atoms with Crippen LogP contribution in [0.5, 0.6) is 0 Å². The minimum atomic E-state index is 0.817. The van der Waals surface area contributed by atoms with E-state index in [2.05, 4.69) is 48.9 Å². The average molecular weight is 233 g/mol. The molecule has 0 radical (unpaired) electrons. The minimum absolute atomic E-state index is 0.817. The van der Waals surface area contributed by atoms with Gasteiger partial charge in [0.1, 0.15) is 0 Å². The lowest BCUT2D eigenvalue weighted by Gasteiger charge is -2.18. The summed E-state index contributed by atoms with van der Waals surface area (Å²) in [7, 11) is 0. The van der Waals surface area contributed by atoms with Crippen molar-refractivity contribution in [3.63, 3.8) is 0 Å². The molecule has 0 rings (SSSR count). The molecule has 2 unspecified atom stereocenters. The molecule has 0 aliphatic rings. The molecule has 0 bridgehead atoms. The lowest BCUT2D eigenvalue weighted by molar-refractivity contribution is 0.389. The Morgan fingerprint density at radius 2 is 1.92 bits per heavy atom. The van der Waals surface area contributed by atoms with E-state index in [4.69, 9.17) is 0 Å². The second-order valence-corrected chi connectivity index (χ2v) is 4.06. The van der Waals surface area contributed by atoms with Crippen molar-refractivity contribution < 1.29 is 0 Å². The molecule has 0 aromatic rings. The number of hydrogen-bond acceptors (Lipinski definition) is 0. The second kappa shape index (κ2) is 7.85. The predicted molar refractivity (Wildman–Crippen MR) is 60.8 cm³/mol. The maximum Gasteiger partial charge on any atom is 0.00622 e. The van der Waals surface area contributed by atoms with E-state index in [1.807, 2.05) is 0 Å².